The highest BCUT2D eigenvalue weighted by Gasteiger charge is 2.41. The Morgan fingerprint density at radius 1 is 0.939 bits per heavy atom. The fourth-order valence-corrected chi connectivity index (χ4v) is 5.39. The van der Waals surface area contributed by atoms with E-state index in [4.69, 9.17) is 5.73 Å². The van der Waals surface area contributed by atoms with Crippen LogP contribution < -0.4 is 27.0 Å². The van der Waals surface area contributed by atoms with Gasteiger partial charge in [0.15, 0.2) is 0 Å². The molecule has 4 unspecified atom stereocenters. The number of hydrogen-bond donors (Lipinski definition) is 5. The Morgan fingerprint density at radius 3 is 2.10 bits per heavy atom. The zero-order valence-corrected chi connectivity index (χ0v) is 30.3. The molecule has 0 aliphatic carbocycles. The number of carbonyl (C=O) groups excluding carboxylic acids is 6. The van der Waals surface area contributed by atoms with E-state index in [1.54, 1.807) is 0 Å². The summed E-state index contributed by atoms with van der Waals surface area (Å²) in [5, 5.41) is 10.7. The van der Waals surface area contributed by atoms with Crippen molar-refractivity contribution in [3.05, 3.63) is 35.9 Å². The summed E-state index contributed by atoms with van der Waals surface area (Å²) >= 11 is 0. The van der Waals surface area contributed by atoms with Gasteiger partial charge in [-0.05, 0) is 48.5 Å². The lowest BCUT2D eigenvalue weighted by atomic mass is 9.79. The first-order chi connectivity index (χ1) is 22.5. The van der Waals surface area contributed by atoms with Crippen LogP contribution in [0.15, 0.2) is 30.3 Å². The van der Waals surface area contributed by atoms with Gasteiger partial charge in [0.1, 0.15) is 6.04 Å². The number of primary amides is 1. The van der Waals surface area contributed by atoms with Crippen molar-refractivity contribution < 1.29 is 28.8 Å². The van der Waals surface area contributed by atoms with E-state index in [1.165, 1.54) is 4.90 Å². The Labute approximate surface area is 294 Å². The van der Waals surface area contributed by atoms with Crippen LogP contribution >= 0.6 is 0 Å². The number of piperidine rings is 1. The second-order valence-electron chi connectivity index (χ2n) is 14.4. The van der Waals surface area contributed by atoms with Crippen LogP contribution in [-0.4, -0.2) is 72.1 Å². The van der Waals surface area contributed by atoms with Crippen molar-refractivity contribution in [3.8, 4) is 0 Å². The number of nitrogens with one attached hydrogen (secondary N) is 4. The van der Waals surface area contributed by atoms with Crippen LogP contribution in [0.4, 0.5) is 4.79 Å². The van der Waals surface area contributed by atoms with Crippen molar-refractivity contribution >= 4 is 35.4 Å². The molecule has 278 valence electrons. The first kappa shape index (κ1) is 45.0. The fourth-order valence-electron chi connectivity index (χ4n) is 5.39. The molecule has 0 aromatic heterocycles. The van der Waals surface area contributed by atoms with E-state index >= 15 is 0 Å². The zero-order chi connectivity index (χ0) is 36.4. The number of benzene rings is 1. The van der Waals surface area contributed by atoms with E-state index in [-0.39, 0.29) is 44.7 Å². The Hall–Kier alpha value is -3.96. The maximum atomic E-state index is 13.9. The van der Waals surface area contributed by atoms with Gasteiger partial charge < -0.3 is 31.9 Å². The predicted octanol–water partition coefficient (Wildman–Crippen LogP) is 4.31. The standard InChI is InChI=1S/C32H50N6O6.C4H10.CH4/c1-6-12-21(2)17-24(27(40)28(33)41)37-29(42)25-15-10-11-16-38(25)30(43)23(32(3,4)5)19-35-31(44)36-20-26(39)34-18-22-13-8-7-9-14-22;1-4(2)3;/h7-9,13-14,21,23-25H,6,10-12,15-20H2,1-5H3,(H2,33,41)(H,34,39)(H,37,42)(H2,35,36,44);4H,1-3H3;1H4. The van der Waals surface area contributed by atoms with Gasteiger partial charge in [-0.15, -0.1) is 0 Å². The van der Waals surface area contributed by atoms with Crippen molar-refractivity contribution in [2.45, 2.75) is 120 Å². The highest BCUT2D eigenvalue weighted by atomic mass is 16.2. The fraction of sp³-hybridized carbons (Fsp3) is 0.676. The number of rotatable bonds is 15. The van der Waals surface area contributed by atoms with Gasteiger partial charge >= 0.3 is 6.03 Å². The highest BCUT2D eigenvalue weighted by Crippen LogP contribution is 2.30. The molecule has 0 radical (unpaired) electrons. The van der Waals surface area contributed by atoms with Crippen LogP contribution in [-0.2, 0) is 30.5 Å². The molecule has 0 bridgehead atoms. The van der Waals surface area contributed by atoms with Gasteiger partial charge in [-0.1, -0.05) is 106 Å². The van der Waals surface area contributed by atoms with E-state index in [9.17, 15) is 28.8 Å². The molecule has 1 fully saturated rings. The van der Waals surface area contributed by atoms with Crippen LogP contribution in [0.3, 0.4) is 0 Å². The minimum absolute atomic E-state index is 0. The number of nitrogens with two attached hydrogens (primary N) is 1. The molecule has 12 heteroatoms. The lowest BCUT2D eigenvalue weighted by molar-refractivity contribution is -0.149. The number of hydrogen-bond acceptors (Lipinski definition) is 6. The Kier molecular flexibility index (Phi) is 20.8. The second kappa shape index (κ2) is 22.6. The van der Waals surface area contributed by atoms with Crippen molar-refractivity contribution in [1.82, 2.24) is 26.2 Å². The summed E-state index contributed by atoms with van der Waals surface area (Å²) in [7, 11) is 0. The van der Waals surface area contributed by atoms with Gasteiger partial charge in [-0.2, -0.15) is 0 Å². The van der Waals surface area contributed by atoms with Crippen LogP contribution in [0.1, 0.15) is 107 Å². The highest BCUT2D eigenvalue weighted by molar-refractivity contribution is 6.37. The SMILES string of the molecule is C.CC(C)C.CCCC(C)CC(NC(=O)C1CCCCN1C(=O)C(CNC(=O)NCC(=O)NCc1ccccc1)C(C)(C)C)C(=O)C(N)=O. The summed E-state index contributed by atoms with van der Waals surface area (Å²) in [5.41, 5.74) is 5.63. The molecule has 0 saturated carbocycles. The van der Waals surface area contributed by atoms with E-state index in [1.807, 2.05) is 65.0 Å². The number of urea groups is 1. The maximum absolute atomic E-state index is 13.9. The molecule has 1 heterocycles. The van der Waals surface area contributed by atoms with E-state index < -0.39 is 47.0 Å². The average molecular weight is 689 g/mol. The monoisotopic (exact) mass is 688 g/mol. The van der Waals surface area contributed by atoms with Crippen molar-refractivity contribution in [2.75, 3.05) is 19.6 Å². The van der Waals surface area contributed by atoms with Crippen molar-refractivity contribution in [1.29, 1.82) is 0 Å². The third-order valence-corrected chi connectivity index (χ3v) is 7.94. The topological polar surface area (TPSA) is 180 Å². The van der Waals surface area contributed by atoms with E-state index in [0.717, 1.165) is 30.7 Å². The summed E-state index contributed by atoms with van der Waals surface area (Å²) in [5.74, 6) is -2.88. The lowest BCUT2D eigenvalue weighted by Crippen LogP contribution is -2.59. The normalized spacial score (nSPS) is 16.0. The largest absolute Gasteiger partial charge is 0.363 e. The van der Waals surface area contributed by atoms with E-state index in [2.05, 4.69) is 42.0 Å². The first-order valence-electron chi connectivity index (χ1n) is 17.2. The molecular formula is C37H64N6O6. The van der Waals surface area contributed by atoms with Crippen molar-refractivity contribution in [3.63, 3.8) is 0 Å². The van der Waals surface area contributed by atoms with Crippen molar-refractivity contribution in [2.24, 2.45) is 28.9 Å². The molecule has 4 atom stereocenters. The van der Waals surface area contributed by atoms with Crippen LogP contribution in [0, 0.1) is 23.2 Å². The summed E-state index contributed by atoms with van der Waals surface area (Å²) in [6.07, 6.45) is 3.81. The van der Waals surface area contributed by atoms with Gasteiger partial charge in [0, 0.05) is 19.6 Å². The number of carbonyl (C=O) groups is 6. The minimum Gasteiger partial charge on any atom is -0.363 e. The van der Waals surface area contributed by atoms with Gasteiger partial charge in [-0.25, -0.2) is 4.79 Å². The second-order valence-corrected chi connectivity index (χ2v) is 14.4. The summed E-state index contributed by atoms with van der Waals surface area (Å²) in [6, 6.07) is 6.91. The zero-order valence-electron chi connectivity index (χ0n) is 30.3. The van der Waals surface area contributed by atoms with Crippen LogP contribution in [0.25, 0.3) is 0 Å². The number of amides is 6. The van der Waals surface area contributed by atoms with Gasteiger partial charge in [0.05, 0.1) is 18.5 Å². The molecule has 1 aromatic rings. The Morgan fingerprint density at radius 2 is 1.55 bits per heavy atom. The molecule has 1 saturated heterocycles. The third kappa shape index (κ3) is 17.3. The van der Waals surface area contributed by atoms with Gasteiger partial charge in [-0.3, -0.25) is 24.0 Å². The predicted molar refractivity (Wildman–Crippen MR) is 194 cm³/mol. The molecule has 1 aromatic carbocycles. The maximum Gasteiger partial charge on any atom is 0.315 e. The van der Waals surface area contributed by atoms with Crippen LogP contribution in [0.2, 0.25) is 0 Å². The molecule has 12 nitrogen and oxygen atoms in total. The molecular weight excluding hydrogens is 624 g/mol. The minimum atomic E-state index is -1.11. The molecule has 0 spiro atoms. The Bertz CT molecular complexity index is 1200. The number of ketones is 1. The number of likely N-dealkylation sites (tertiary alicyclic amines) is 1. The number of Topliss-reactive ketones (excluding diaryl/α,β-unsaturated/α-hetero) is 1. The molecule has 1 aliphatic rings. The quantitative estimate of drug-likeness (QED) is 0.171. The third-order valence-electron chi connectivity index (χ3n) is 7.94. The molecule has 6 amide bonds. The summed E-state index contributed by atoms with van der Waals surface area (Å²) in [4.78, 5) is 77.9. The smallest absolute Gasteiger partial charge is 0.315 e. The molecule has 6 N–H and O–H groups in total. The van der Waals surface area contributed by atoms with Gasteiger partial charge in [0.25, 0.3) is 5.91 Å². The molecule has 2 rings (SSSR count). The van der Waals surface area contributed by atoms with E-state index in [0.29, 0.717) is 25.9 Å². The van der Waals surface area contributed by atoms with Crippen LogP contribution in [0.5, 0.6) is 0 Å². The molecule has 49 heavy (non-hydrogen) atoms. The number of nitrogens with zero attached hydrogens (tertiary/aromatic N) is 1. The summed E-state index contributed by atoms with van der Waals surface area (Å²) in [6.45, 7) is 16.5. The van der Waals surface area contributed by atoms with Gasteiger partial charge in [0.2, 0.25) is 23.5 Å². The Balaban J connectivity index is 0.00000435. The molecule has 1 aliphatic heterocycles. The lowest BCUT2D eigenvalue weighted by Gasteiger charge is -2.40. The average Bonchev–Trinajstić information content (AvgIpc) is 3.01. The first-order valence-corrected chi connectivity index (χ1v) is 17.2. The summed E-state index contributed by atoms with van der Waals surface area (Å²) < 4.78 is 0.